The van der Waals surface area contributed by atoms with E-state index in [2.05, 4.69) is 5.32 Å². The van der Waals surface area contributed by atoms with Crippen molar-refractivity contribution < 1.29 is 27.5 Å². The molecule has 0 aliphatic rings. The number of amides is 1. The van der Waals surface area contributed by atoms with Gasteiger partial charge in [0.2, 0.25) is 0 Å². The Morgan fingerprint density at radius 3 is 2.12 bits per heavy atom. The number of rotatable bonds is 4. The summed E-state index contributed by atoms with van der Waals surface area (Å²) in [5.74, 6) is -1.42. The Balaban J connectivity index is 1.97. The van der Waals surface area contributed by atoms with Crippen LogP contribution in [0.15, 0.2) is 54.6 Å². The van der Waals surface area contributed by atoms with Gasteiger partial charge >= 0.3 is 12.1 Å². The van der Waals surface area contributed by atoms with Crippen LogP contribution in [0.1, 0.15) is 22.8 Å². The van der Waals surface area contributed by atoms with E-state index in [0.29, 0.717) is 5.69 Å². The van der Waals surface area contributed by atoms with Crippen LogP contribution in [0.2, 0.25) is 0 Å². The minimum atomic E-state index is -4.48. The summed E-state index contributed by atoms with van der Waals surface area (Å²) in [7, 11) is 0. The number of alkyl halides is 3. The third kappa shape index (κ3) is 4.58. The molecule has 0 aliphatic heterocycles. The first-order valence-electron chi connectivity index (χ1n) is 7.01. The molecule has 24 heavy (non-hydrogen) atoms. The first kappa shape index (κ1) is 17.5. The molecule has 0 bridgehead atoms. The lowest BCUT2D eigenvalue weighted by Crippen LogP contribution is -2.30. The van der Waals surface area contributed by atoms with E-state index >= 15 is 0 Å². The summed E-state index contributed by atoms with van der Waals surface area (Å²) >= 11 is 0. The molecule has 0 radical (unpaired) electrons. The minimum Gasteiger partial charge on any atom is -0.449 e. The third-order valence-electron chi connectivity index (χ3n) is 3.14. The second-order valence-corrected chi connectivity index (χ2v) is 4.98. The number of halogens is 3. The molecule has 0 fully saturated rings. The van der Waals surface area contributed by atoms with E-state index in [-0.39, 0.29) is 5.56 Å². The van der Waals surface area contributed by atoms with Gasteiger partial charge in [0, 0.05) is 5.69 Å². The topological polar surface area (TPSA) is 55.4 Å². The molecule has 0 spiro atoms. The molecule has 2 aromatic rings. The molecule has 2 aromatic carbocycles. The zero-order chi connectivity index (χ0) is 17.7. The first-order valence-corrected chi connectivity index (χ1v) is 7.01. The number of esters is 1. The van der Waals surface area contributed by atoms with Crippen LogP contribution in [-0.2, 0) is 15.7 Å². The molecule has 0 saturated heterocycles. The smallest absolute Gasteiger partial charge is 0.416 e. The molecule has 126 valence electrons. The molecular formula is C17H14F3NO3. The summed E-state index contributed by atoms with van der Waals surface area (Å²) in [5.41, 5.74) is -0.392. The summed E-state index contributed by atoms with van der Waals surface area (Å²) in [6, 6.07) is 12.2. The third-order valence-corrected chi connectivity index (χ3v) is 3.14. The normalized spacial score (nSPS) is 12.3. The zero-order valence-corrected chi connectivity index (χ0v) is 12.6. The zero-order valence-electron chi connectivity index (χ0n) is 12.6. The average molecular weight is 337 g/mol. The molecule has 1 atom stereocenters. The number of carbonyl (C=O) groups is 2. The number of benzene rings is 2. The summed E-state index contributed by atoms with van der Waals surface area (Å²) < 4.78 is 42.4. The number of ether oxygens (including phenoxy) is 1. The predicted molar refractivity (Wildman–Crippen MR) is 81.4 cm³/mol. The van der Waals surface area contributed by atoms with Gasteiger partial charge in [-0.1, -0.05) is 18.2 Å². The molecular weight excluding hydrogens is 323 g/mol. The van der Waals surface area contributed by atoms with Crippen LogP contribution in [0.25, 0.3) is 0 Å². The highest BCUT2D eigenvalue weighted by Crippen LogP contribution is 2.29. The van der Waals surface area contributed by atoms with Gasteiger partial charge in [-0.25, -0.2) is 4.79 Å². The molecule has 0 aromatic heterocycles. The standard InChI is InChI=1S/C17H14F3NO3/c1-11(15(22)21-14-5-3-2-4-6-14)24-16(23)12-7-9-13(10-8-12)17(18,19)20/h2-11H,1H3,(H,21,22). The van der Waals surface area contributed by atoms with E-state index in [1.165, 1.54) is 6.92 Å². The lowest BCUT2D eigenvalue weighted by molar-refractivity contribution is -0.137. The van der Waals surface area contributed by atoms with Gasteiger partial charge in [-0.2, -0.15) is 13.2 Å². The van der Waals surface area contributed by atoms with Crippen LogP contribution >= 0.6 is 0 Å². The molecule has 1 N–H and O–H groups in total. The highest BCUT2D eigenvalue weighted by molar-refractivity contribution is 5.97. The maximum atomic E-state index is 12.5. The van der Waals surface area contributed by atoms with Gasteiger partial charge in [0.05, 0.1) is 11.1 Å². The molecule has 1 unspecified atom stereocenters. The number of hydrogen-bond donors (Lipinski definition) is 1. The Morgan fingerprint density at radius 1 is 1.00 bits per heavy atom. The maximum Gasteiger partial charge on any atom is 0.416 e. The number of anilines is 1. The van der Waals surface area contributed by atoms with E-state index in [1.807, 2.05) is 0 Å². The van der Waals surface area contributed by atoms with E-state index in [1.54, 1.807) is 30.3 Å². The van der Waals surface area contributed by atoms with Crippen LogP contribution in [0.5, 0.6) is 0 Å². The second kappa shape index (κ2) is 7.16. The van der Waals surface area contributed by atoms with E-state index in [9.17, 15) is 22.8 Å². The van der Waals surface area contributed by atoms with E-state index in [0.717, 1.165) is 24.3 Å². The quantitative estimate of drug-likeness (QED) is 0.861. The minimum absolute atomic E-state index is 0.0673. The van der Waals surface area contributed by atoms with Crippen LogP contribution < -0.4 is 5.32 Å². The van der Waals surface area contributed by atoms with Crippen molar-refractivity contribution >= 4 is 17.6 Å². The van der Waals surface area contributed by atoms with Crippen molar-refractivity contribution in [2.24, 2.45) is 0 Å². The fourth-order valence-electron chi connectivity index (χ4n) is 1.84. The van der Waals surface area contributed by atoms with Gasteiger partial charge in [0.1, 0.15) is 0 Å². The SMILES string of the molecule is CC(OC(=O)c1ccc(C(F)(F)F)cc1)C(=O)Nc1ccccc1. The molecule has 1 amide bonds. The maximum absolute atomic E-state index is 12.5. The molecule has 0 aliphatic carbocycles. The fourth-order valence-corrected chi connectivity index (χ4v) is 1.84. The van der Waals surface area contributed by atoms with Gasteiger partial charge in [-0.15, -0.1) is 0 Å². The highest BCUT2D eigenvalue weighted by atomic mass is 19.4. The van der Waals surface area contributed by atoms with Gasteiger partial charge in [-0.3, -0.25) is 4.79 Å². The summed E-state index contributed by atoms with van der Waals surface area (Å²) in [4.78, 5) is 23.8. The van der Waals surface area contributed by atoms with Crippen LogP contribution in [-0.4, -0.2) is 18.0 Å². The molecule has 2 rings (SSSR count). The summed E-state index contributed by atoms with van der Waals surface area (Å²) in [6.07, 6.45) is -5.58. The van der Waals surface area contributed by atoms with Crippen molar-refractivity contribution in [1.29, 1.82) is 0 Å². The van der Waals surface area contributed by atoms with Gasteiger partial charge in [-0.05, 0) is 43.3 Å². The lowest BCUT2D eigenvalue weighted by atomic mass is 10.1. The van der Waals surface area contributed by atoms with Crippen molar-refractivity contribution in [3.8, 4) is 0 Å². The van der Waals surface area contributed by atoms with Crippen LogP contribution in [0, 0.1) is 0 Å². The van der Waals surface area contributed by atoms with Crippen LogP contribution in [0.3, 0.4) is 0 Å². The van der Waals surface area contributed by atoms with Gasteiger partial charge in [0.15, 0.2) is 6.10 Å². The van der Waals surface area contributed by atoms with Gasteiger partial charge in [0.25, 0.3) is 5.91 Å². The Morgan fingerprint density at radius 2 is 1.58 bits per heavy atom. The van der Waals surface area contributed by atoms with Crippen molar-refractivity contribution in [2.45, 2.75) is 19.2 Å². The summed E-state index contributed by atoms with van der Waals surface area (Å²) in [6.45, 7) is 1.38. The Labute approximate surface area is 136 Å². The number of para-hydroxylation sites is 1. The Bertz CT molecular complexity index is 712. The number of carbonyl (C=O) groups excluding carboxylic acids is 2. The van der Waals surface area contributed by atoms with E-state index < -0.39 is 29.7 Å². The predicted octanol–water partition coefficient (Wildman–Crippen LogP) is 3.89. The largest absolute Gasteiger partial charge is 0.449 e. The van der Waals surface area contributed by atoms with Crippen molar-refractivity contribution in [2.75, 3.05) is 5.32 Å². The second-order valence-electron chi connectivity index (χ2n) is 4.98. The Kier molecular flexibility index (Phi) is 5.23. The fraction of sp³-hybridized carbons (Fsp3) is 0.176. The number of hydrogen-bond acceptors (Lipinski definition) is 3. The first-order chi connectivity index (χ1) is 11.3. The molecule has 4 nitrogen and oxygen atoms in total. The average Bonchev–Trinajstić information content (AvgIpc) is 2.55. The highest BCUT2D eigenvalue weighted by Gasteiger charge is 2.30. The monoisotopic (exact) mass is 337 g/mol. The number of nitrogens with one attached hydrogen (secondary N) is 1. The molecule has 0 heterocycles. The van der Waals surface area contributed by atoms with Crippen molar-refractivity contribution in [3.05, 3.63) is 65.7 Å². The van der Waals surface area contributed by atoms with Crippen molar-refractivity contribution in [1.82, 2.24) is 0 Å². The molecule has 0 saturated carbocycles. The van der Waals surface area contributed by atoms with Crippen LogP contribution in [0.4, 0.5) is 18.9 Å². The van der Waals surface area contributed by atoms with Gasteiger partial charge < -0.3 is 10.1 Å². The molecule has 7 heteroatoms. The lowest BCUT2D eigenvalue weighted by Gasteiger charge is -2.14. The Hall–Kier alpha value is -2.83. The van der Waals surface area contributed by atoms with Crippen molar-refractivity contribution in [3.63, 3.8) is 0 Å². The summed E-state index contributed by atoms with van der Waals surface area (Å²) in [5, 5.41) is 2.56. The van der Waals surface area contributed by atoms with E-state index in [4.69, 9.17) is 4.74 Å².